The maximum absolute atomic E-state index is 14.8. The van der Waals surface area contributed by atoms with Gasteiger partial charge < -0.3 is 9.62 Å². The van der Waals surface area contributed by atoms with Crippen molar-refractivity contribution in [1.29, 1.82) is 0 Å². The van der Waals surface area contributed by atoms with Gasteiger partial charge in [-0.15, -0.1) is 0 Å². The highest BCUT2D eigenvalue weighted by atomic mass is 35.5. The van der Waals surface area contributed by atoms with Gasteiger partial charge >= 0.3 is 0 Å². The van der Waals surface area contributed by atoms with Crippen LogP contribution in [0.4, 0.5) is 20.3 Å². The zero-order valence-electron chi connectivity index (χ0n) is 14.2. The summed E-state index contributed by atoms with van der Waals surface area (Å²) in [5, 5.41) is 0.301. The molecule has 0 aliphatic heterocycles. The summed E-state index contributed by atoms with van der Waals surface area (Å²) in [6.45, 7) is 3.59. The molecule has 3 nitrogen and oxygen atoms in total. The molecule has 3 rings (SSSR count). The standard InChI is InChI=1S/C18H19Cl2F2N3S/c1-2-25(10-11-5-3-6-11)13-9-12(19)18(17(22)16(13)20)26-24-15-8-4-7-14(21)23-15/h4,7-9,11H,2-3,5-6,10H2,1H3,(H,23,24). The average molecular weight is 418 g/mol. The van der Waals surface area contributed by atoms with Crippen LogP contribution in [0.3, 0.4) is 0 Å². The lowest BCUT2D eigenvalue weighted by Crippen LogP contribution is -2.32. The molecule has 1 aromatic carbocycles. The van der Waals surface area contributed by atoms with Crippen molar-refractivity contribution >= 4 is 46.7 Å². The minimum atomic E-state index is -0.620. The Morgan fingerprint density at radius 1 is 1.31 bits per heavy atom. The highest BCUT2D eigenvalue weighted by molar-refractivity contribution is 8.00. The van der Waals surface area contributed by atoms with Crippen LogP contribution >= 0.6 is 35.1 Å². The number of pyridine rings is 1. The molecule has 0 atom stereocenters. The third-order valence-electron chi connectivity index (χ3n) is 4.50. The SMILES string of the molecule is CCN(CC1CCC1)c1cc(Cl)c(SNc2cccc(F)n2)c(F)c1Cl. The highest BCUT2D eigenvalue weighted by Crippen LogP contribution is 2.41. The van der Waals surface area contributed by atoms with Crippen LogP contribution in [-0.4, -0.2) is 18.1 Å². The fourth-order valence-electron chi connectivity index (χ4n) is 2.84. The summed E-state index contributed by atoms with van der Waals surface area (Å²) < 4.78 is 30.8. The molecule has 1 N–H and O–H groups in total. The first-order valence-electron chi connectivity index (χ1n) is 8.47. The summed E-state index contributed by atoms with van der Waals surface area (Å²) in [5.41, 5.74) is 0.608. The number of hydrogen-bond acceptors (Lipinski definition) is 4. The second-order valence-electron chi connectivity index (χ2n) is 6.22. The number of benzene rings is 1. The minimum Gasteiger partial charge on any atom is -0.370 e. The Hall–Kier alpha value is -1.24. The first-order chi connectivity index (χ1) is 12.5. The fourth-order valence-corrected chi connectivity index (χ4v) is 4.14. The molecule has 2 aromatic rings. The summed E-state index contributed by atoms with van der Waals surface area (Å²) in [5.74, 6) is -0.311. The quantitative estimate of drug-likeness (QED) is 0.319. The lowest BCUT2D eigenvalue weighted by Gasteiger charge is -2.33. The lowest BCUT2D eigenvalue weighted by molar-refractivity contribution is 0.318. The molecule has 1 aliphatic rings. The van der Waals surface area contributed by atoms with Gasteiger partial charge in [0.05, 0.1) is 15.6 Å². The largest absolute Gasteiger partial charge is 0.370 e. The van der Waals surface area contributed by atoms with Crippen molar-refractivity contribution in [2.24, 2.45) is 5.92 Å². The van der Waals surface area contributed by atoms with Crippen LogP contribution < -0.4 is 9.62 Å². The predicted octanol–water partition coefficient (Wildman–Crippen LogP) is 6.41. The summed E-state index contributed by atoms with van der Waals surface area (Å²) in [7, 11) is 0. The van der Waals surface area contributed by atoms with E-state index < -0.39 is 11.8 Å². The van der Waals surface area contributed by atoms with E-state index in [1.807, 2.05) is 6.92 Å². The molecule has 1 aromatic heterocycles. The van der Waals surface area contributed by atoms with E-state index in [-0.39, 0.29) is 20.8 Å². The van der Waals surface area contributed by atoms with Crippen molar-refractivity contribution in [2.75, 3.05) is 22.7 Å². The molecule has 140 valence electrons. The summed E-state index contributed by atoms with van der Waals surface area (Å²) in [6.07, 6.45) is 3.64. The van der Waals surface area contributed by atoms with Gasteiger partial charge in [-0.2, -0.15) is 4.39 Å². The Kier molecular flexibility index (Phi) is 6.48. The molecule has 0 spiro atoms. The van der Waals surface area contributed by atoms with Crippen molar-refractivity contribution in [3.05, 3.63) is 46.1 Å². The lowest BCUT2D eigenvalue weighted by atomic mass is 9.85. The van der Waals surface area contributed by atoms with E-state index in [0.717, 1.165) is 25.0 Å². The molecular formula is C18H19Cl2F2N3S. The Labute approximate surface area is 166 Å². The minimum absolute atomic E-state index is 0.0482. The van der Waals surface area contributed by atoms with Crippen LogP contribution in [0.15, 0.2) is 29.2 Å². The molecule has 8 heteroatoms. The fraction of sp³-hybridized carbons (Fsp3) is 0.389. The zero-order valence-corrected chi connectivity index (χ0v) is 16.6. The van der Waals surface area contributed by atoms with Gasteiger partial charge in [-0.1, -0.05) is 35.7 Å². The number of aromatic nitrogens is 1. The number of rotatable bonds is 7. The Balaban J connectivity index is 1.80. The second-order valence-corrected chi connectivity index (χ2v) is 7.82. The molecule has 0 bridgehead atoms. The maximum Gasteiger partial charge on any atom is 0.214 e. The summed E-state index contributed by atoms with van der Waals surface area (Å²) in [6, 6.07) is 6.02. The number of anilines is 2. The van der Waals surface area contributed by atoms with Crippen molar-refractivity contribution < 1.29 is 8.78 Å². The van der Waals surface area contributed by atoms with E-state index in [1.165, 1.54) is 31.4 Å². The summed E-state index contributed by atoms with van der Waals surface area (Å²) >= 11 is 13.5. The molecule has 0 radical (unpaired) electrons. The Bertz CT molecular complexity index is 787. The van der Waals surface area contributed by atoms with Crippen LogP contribution in [0, 0.1) is 17.7 Å². The van der Waals surface area contributed by atoms with Crippen LogP contribution in [0.25, 0.3) is 0 Å². The average Bonchev–Trinajstić information content (AvgIpc) is 2.58. The predicted molar refractivity (Wildman–Crippen MR) is 105 cm³/mol. The number of halogens is 4. The van der Waals surface area contributed by atoms with E-state index in [2.05, 4.69) is 14.6 Å². The van der Waals surface area contributed by atoms with Crippen molar-refractivity contribution in [3.8, 4) is 0 Å². The number of hydrogen-bond donors (Lipinski definition) is 1. The van der Waals surface area contributed by atoms with Crippen LogP contribution in [0.1, 0.15) is 26.2 Å². The molecule has 1 heterocycles. The molecule has 1 saturated carbocycles. The molecule has 1 fully saturated rings. The van der Waals surface area contributed by atoms with Gasteiger partial charge in [0.15, 0.2) is 5.82 Å². The van der Waals surface area contributed by atoms with Crippen LogP contribution in [0.5, 0.6) is 0 Å². The van der Waals surface area contributed by atoms with Gasteiger partial charge in [0.25, 0.3) is 0 Å². The van der Waals surface area contributed by atoms with Gasteiger partial charge in [-0.05, 0) is 55.8 Å². The number of nitrogens with zero attached hydrogens (tertiary/aromatic N) is 2. The van der Waals surface area contributed by atoms with Crippen molar-refractivity contribution in [2.45, 2.75) is 31.1 Å². The normalized spacial score (nSPS) is 14.2. The van der Waals surface area contributed by atoms with Crippen molar-refractivity contribution in [1.82, 2.24) is 4.98 Å². The first kappa shape index (κ1) is 19.5. The third kappa shape index (κ3) is 4.35. The van der Waals surface area contributed by atoms with Gasteiger partial charge in [-0.25, -0.2) is 9.37 Å². The second kappa shape index (κ2) is 8.63. The van der Waals surface area contributed by atoms with Crippen molar-refractivity contribution in [3.63, 3.8) is 0 Å². The molecule has 0 unspecified atom stereocenters. The Morgan fingerprint density at radius 3 is 2.69 bits per heavy atom. The smallest absolute Gasteiger partial charge is 0.214 e. The van der Waals surface area contributed by atoms with E-state index in [0.29, 0.717) is 11.6 Å². The highest BCUT2D eigenvalue weighted by Gasteiger charge is 2.24. The summed E-state index contributed by atoms with van der Waals surface area (Å²) in [4.78, 5) is 5.90. The monoisotopic (exact) mass is 417 g/mol. The molecular weight excluding hydrogens is 399 g/mol. The van der Waals surface area contributed by atoms with Gasteiger partial charge in [0.2, 0.25) is 5.95 Å². The topological polar surface area (TPSA) is 28.2 Å². The third-order valence-corrected chi connectivity index (χ3v) is 6.18. The van der Waals surface area contributed by atoms with E-state index in [9.17, 15) is 8.78 Å². The molecule has 1 aliphatic carbocycles. The molecule has 0 amide bonds. The van der Waals surface area contributed by atoms with E-state index >= 15 is 0 Å². The molecule has 26 heavy (non-hydrogen) atoms. The van der Waals surface area contributed by atoms with E-state index in [1.54, 1.807) is 12.1 Å². The Morgan fingerprint density at radius 2 is 2.08 bits per heavy atom. The number of nitrogens with one attached hydrogen (secondary N) is 1. The van der Waals surface area contributed by atoms with Gasteiger partial charge in [0, 0.05) is 13.1 Å². The van der Waals surface area contributed by atoms with Gasteiger partial charge in [-0.3, -0.25) is 0 Å². The van der Waals surface area contributed by atoms with Crippen LogP contribution in [0.2, 0.25) is 10.0 Å². The maximum atomic E-state index is 14.8. The zero-order chi connectivity index (χ0) is 18.7. The van der Waals surface area contributed by atoms with E-state index in [4.69, 9.17) is 23.2 Å². The van der Waals surface area contributed by atoms with Gasteiger partial charge in [0.1, 0.15) is 10.8 Å². The molecule has 0 saturated heterocycles. The first-order valence-corrected chi connectivity index (χ1v) is 10.0. The van der Waals surface area contributed by atoms with Crippen LogP contribution in [-0.2, 0) is 0 Å².